The van der Waals surface area contributed by atoms with Crippen LogP contribution in [-0.4, -0.2) is 50.8 Å². The highest BCUT2D eigenvalue weighted by Gasteiger charge is 2.32. The summed E-state index contributed by atoms with van der Waals surface area (Å²) in [6, 6.07) is 1.88. The third-order valence-corrected chi connectivity index (χ3v) is 5.77. The number of hydrogen-bond donors (Lipinski definition) is 0. The Balaban J connectivity index is 1.27. The van der Waals surface area contributed by atoms with Crippen molar-refractivity contribution >= 4 is 5.95 Å². The molecule has 4 rings (SSSR count). The molecule has 0 aliphatic carbocycles. The van der Waals surface area contributed by atoms with Crippen LogP contribution < -0.4 is 4.90 Å². The fourth-order valence-electron chi connectivity index (χ4n) is 4.34. The molecule has 4 heterocycles. The average molecular weight is 340 g/mol. The molecule has 0 saturated carbocycles. The molecule has 2 aliphatic rings. The Kier molecular flexibility index (Phi) is 4.97. The van der Waals surface area contributed by atoms with Gasteiger partial charge in [-0.15, -0.1) is 0 Å². The molecule has 1 atom stereocenters. The summed E-state index contributed by atoms with van der Waals surface area (Å²) in [6.07, 6.45) is 11.8. The van der Waals surface area contributed by atoms with E-state index in [9.17, 15) is 0 Å². The number of hydrogen-bond acceptors (Lipinski definition) is 5. The fourth-order valence-corrected chi connectivity index (χ4v) is 4.34. The van der Waals surface area contributed by atoms with Crippen LogP contribution in [0.3, 0.4) is 0 Å². The Morgan fingerprint density at radius 1 is 1.04 bits per heavy atom. The lowest BCUT2D eigenvalue weighted by Gasteiger charge is -2.34. The van der Waals surface area contributed by atoms with Crippen molar-refractivity contribution in [3.8, 4) is 0 Å². The zero-order valence-corrected chi connectivity index (χ0v) is 15.1. The van der Waals surface area contributed by atoms with Crippen molar-refractivity contribution in [1.82, 2.24) is 24.6 Å². The highest BCUT2D eigenvalue weighted by Crippen LogP contribution is 2.33. The van der Waals surface area contributed by atoms with Gasteiger partial charge in [-0.3, -0.25) is 9.58 Å². The van der Waals surface area contributed by atoms with E-state index in [2.05, 4.69) is 38.0 Å². The zero-order chi connectivity index (χ0) is 17.1. The second-order valence-corrected chi connectivity index (χ2v) is 7.36. The molecule has 0 aromatic carbocycles. The molecule has 2 fully saturated rings. The third-order valence-electron chi connectivity index (χ3n) is 5.77. The molecule has 6 nitrogen and oxygen atoms in total. The number of piperidine rings is 1. The van der Waals surface area contributed by atoms with Gasteiger partial charge in [0.05, 0.1) is 6.20 Å². The van der Waals surface area contributed by atoms with Gasteiger partial charge in [-0.25, -0.2) is 9.97 Å². The Morgan fingerprint density at radius 2 is 1.80 bits per heavy atom. The molecule has 0 N–H and O–H groups in total. The van der Waals surface area contributed by atoms with E-state index in [0.717, 1.165) is 44.0 Å². The standard InChI is InChI=1S/C19H28N6/c1-2-25-14-16(12-22-25)13-23-9-4-18(15-23)17-5-10-24(11-6-17)19-20-7-3-8-21-19/h3,7-8,12,14,17-18H,2,4-6,9-11,13,15H2,1H3. The van der Waals surface area contributed by atoms with Gasteiger partial charge < -0.3 is 4.90 Å². The maximum atomic E-state index is 4.40. The van der Waals surface area contributed by atoms with Crippen LogP contribution >= 0.6 is 0 Å². The molecule has 0 bridgehead atoms. The molecule has 0 amide bonds. The van der Waals surface area contributed by atoms with Crippen molar-refractivity contribution in [2.45, 2.75) is 39.3 Å². The van der Waals surface area contributed by atoms with Gasteiger partial charge in [-0.2, -0.15) is 5.10 Å². The monoisotopic (exact) mass is 340 g/mol. The summed E-state index contributed by atoms with van der Waals surface area (Å²) in [7, 11) is 0. The number of rotatable bonds is 5. The lowest BCUT2D eigenvalue weighted by atomic mass is 9.84. The Hall–Kier alpha value is -1.95. The van der Waals surface area contributed by atoms with Gasteiger partial charge in [0, 0.05) is 56.9 Å². The van der Waals surface area contributed by atoms with Crippen LogP contribution in [0.2, 0.25) is 0 Å². The van der Waals surface area contributed by atoms with Crippen molar-refractivity contribution in [3.63, 3.8) is 0 Å². The van der Waals surface area contributed by atoms with Crippen LogP contribution in [0, 0.1) is 11.8 Å². The maximum absolute atomic E-state index is 4.40. The van der Waals surface area contributed by atoms with Gasteiger partial charge in [-0.05, 0) is 50.6 Å². The first-order chi connectivity index (χ1) is 12.3. The lowest BCUT2D eigenvalue weighted by Crippen LogP contribution is -2.37. The summed E-state index contributed by atoms with van der Waals surface area (Å²) < 4.78 is 2.02. The number of nitrogens with zero attached hydrogens (tertiary/aromatic N) is 6. The number of anilines is 1. The number of aryl methyl sites for hydroxylation is 1. The van der Waals surface area contributed by atoms with Crippen molar-refractivity contribution in [1.29, 1.82) is 0 Å². The average Bonchev–Trinajstić information content (AvgIpc) is 3.32. The molecule has 25 heavy (non-hydrogen) atoms. The maximum Gasteiger partial charge on any atom is 0.225 e. The molecule has 0 radical (unpaired) electrons. The minimum atomic E-state index is 0.847. The molecule has 6 heteroatoms. The molecular weight excluding hydrogens is 312 g/mol. The number of aromatic nitrogens is 4. The van der Waals surface area contributed by atoms with E-state index in [1.807, 2.05) is 29.3 Å². The van der Waals surface area contributed by atoms with Crippen molar-refractivity contribution in [2.24, 2.45) is 11.8 Å². The van der Waals surface area contributed by atoms with E-state index in [-0.39, 0.29) is 0 Å². The summed E-state index contributed by atoms with van der Waals surface area (Å²) >= 11 is 0. The molecule has 1 unspecified atom stereocenters. The first-order valence-electron chi connectivity index (χ1n) is 9.57. The van der Waals surface area contributed by atoms with E-state index in [0.29, 0.717) is 0 Å². The molecular formula is C19H28N6. The molecule has 2 aromatic heterocycles. The number of likely N-dealkylation sites (tertiary alicyclic amines) is 1. The quantitative estimate of drug-likeness (QED) is 0.837. The van der Waals surface area contributed by atoms with E-state index in [1.54, 1.807) is 0 Å². The Bertz CT molecular complexity index is 662. The Labute approximate surface area is 149 Å². The summed E-state index contributed by atoms with van der Waals surface area (Å²) in [5.74, 6) is 2.59. The van der Waals surface area contributed by atoms with E-state index < -0.39 is 0 Å². The van der Waals surface area contributed by atoms with Crippen LogP contribution in [0.4, 0.5) is 5.95 Å². The van der Waals surface area contributed by atoms with Gasteiger partial charge in [0.2, 0.25) is 5.95 Å². The molecule has 2 aliphatic heterocycles. The molecule has 2 saturated heterocycles. The van der Waals surface area contributed by atoms with Gasteiger partial charge in [0.25, 0.3) is 0 Å². The summed E-state index contributed by atoms with van der Waals surface area (Å²) in [4.78, 5) is 13.7. The van der Waals surface area contributed by atoms with Crippen molar-refractivity contribution in [3.05, 3.63) is 36.4 Å². The van der Waals surface area contributed by atoms with Crippen LogP contribution in [0.15, 0.2) is 30.9 Å². The zero-order valence-electron chi connectivity index (χ0n) is 15.1. The predicted octanol–water partition coefficient (Wildman–Crippen LogP) is 2.43. The molecule has 2 aromatic rings. The highest BCUT2D eigenvalue weighted by molar-refractivity contribution is 5.28. The highest BCUT2D eigenvalue weighted by atomic mass is 15.3. The first-order valence-corrected chi connectivity index (χ1v) is 9.57. The van der Waals surface area contributed by atoms with Crippen molar-refractivity contribution in [2.75, 3.05) is 31.1 Å². The van der Waals surface area contributed by atoms with Gasteiger partial charge in [-0.1, -0.05) is 0 Å². The normalized spacial score (nSPS) is 22.6. The predicted molar refractivity (Wildman–Crippen MR) is 98.3 cm³/mol. The van der Waals surface area contributed by atoms with Gasteiger partial charge >= 0.3 is 0 Å². The first kappa shape index (κ1) is 16.5. The summed E-state index contributed by atoms with van der Waals surface area (Å²) in [6.45, 7) is 8.78. The summed E-state index contributed by atoms with van der Waals surface area (Å²) in [5.41, 5.74) is 1.35. The second kappa shape index (κ2) is 7.52. The second-order valence-electron chi connectivity index (χ2n) is 7.36. The lowest BCUT2D eigenvalue weighted by molar-refractivity contribution is 0.252. The van der Waals surface area contributed by atoms with Crippen LogP contribution in [0.5, 0.6) is 0 Å². The smallest absolute Gasteiger partial charge is 0.225 e. The third kappa shape index (κ3) is 3.84. The topological polar surface area (TPSA) is 50.1 Å². The minimum Gasteiger partial charge on any atom is -0.341 e. The fraction of sp³-hybridized carbons (Fsp3) is 0.632. The van der Waals surface area contributed by atoms with Crippen LogP contribution in [0.1, 0.15) is 31.7 Å². The van der Waals surface area contributed by atoms with Crippen molar-refractivity contribution < 1.29 is 0 Å². The van der Waals surface area contributed by atoms with E-state index in [1.165, 1.54) is 37.9 Å². The van der Waals surface area contributed by atoms with Crippen LogP contribution in [0.25, 0.3) is 0 Å². The minimum absolute atomic E-state index is 0.847. The Morgan fingerprint density at radius 3 is 2.52 bits per heavy atom. The molecule has 0 spiro atoms. The van der Waals surface area contributed by atoms with Gasteiger partial charge in [0.1, 0.15) is 0 Å². The molecule has 134 valence electrons. The summed E-state index contributed by atoms with van der Waals surface area (Å²) in [5, 5.41) is 4.40. The van der Waals surface area contributed by atoms with E-state index in [4.69, 9.17) is 0 Å². The SMILES string of the molecule is CCn1cc(CN2CCC(C3CCN(c4ncccn4)CC3)C2)cn1. The largest absolute Gasteiger partial charge is 0.341 e. The van der Waals surface area contributed by atoms with Gasteiger partial charge in [0.15, 0.2) is 0 Å². The van der Waals surface area contributed by atoms with E-state index >= 15 is 0 Å². The van der Waals surface area contributed by atoms with Crippen LogP contribution in [-0.2, 0) is 13.1 Å².